The van der Waals surface area contributed by atoms with Crippen molar-refractivity contribution in [3.05, 3.63) is 29.3 Å². The van der Waals surface area contributed by atoms with Gasteiger partial charge in [-0.2, -0.15) is 0 Å². The Bertz CT molecular complexity index is 519. The lowest BCUT2D eigenvalue weighted by molar-refractivity contribution is -0.0127. The summed E-state index contributed by atoms with van der Waals surface area (Å²) in [5, 5.41) is 6.92. The van der Waals surface area contributed by atoms with Gasteiger partial charge in [0.05, 0.1) is 0 Å². The van der Waals surface area contributed by atoms with E-state index >= 15 is 0 Å². The number of carbonyl (C=O) groups excluding carboxylic acids is 1. The van der Waals surface area contributed by atoms with E-state index in [1.165, 1.54) is 38.5 Å². The summed E-state index contributed by atoms with van der Waals surface area (Å²) in [7, 11) is 0. The average Bonchev–Trinajstić information content (AvgIpc) is 2.39. The largest absolute Gasteiger partial charge is 0.332 e. The molecule has 0 aromatic heterocycles. The second kappa shape index (κ2) is 4.91. The Labute approximate surface area is 130 Å². The van der Waals surface area contributed by atoms with Gasteiger partial charge in [0, 0.05) is 16.2 Å². The number of carbonyl (C=O) groups is 1. The molecule has 0 atom stereocenters. The lowest BCUT2D eigenvalue weighted by atomic mass is 9.53. The van der Waals surface area contributed by atoms with Crippen LogP contribution in [-0.4, -0.2) is 11.6 Å². The quantitative estimate of drug-likeness (QED) is 0.834. The SMILES string of the molecule is O=C(Nc1ccc(Cl)cc1)NC12CC3CC(CC(C3)C1)C2. The van der Waals surface area contributed by atoms with Gasteiger partial charge in [0.25, 0.3) is 0 Å². The Hall–Kier alpha value is -1.22. The standard InChI is InChI=1S/C17H21ClN2O/c18-14-1-3-15(4-2-14)19-16(21)20-17-8-11-5-12(9-17)7-13(6-11)10-17/h1-4,11-13H,5-10H2,(H2,19,20,21). The predicted octanol–water partition coefficient (Wildman–Crippen LogP) is 4.43. The van der Waals surface area contributed by atoms with Gasteiger partial charge in [0.15, 0.2) is 0 Å². The maximum atomic E-state index is 12.3. The van der Waals surface area contributed by atoms with Crippen LogP contribution in [-0.2, 0) is 0 Å². The number of urea groups is 1. The van der Waals surface area contributed by atoms with Gasteiger partial charge in [-0.05, 0) is 80.5 Å². The van der Waals surface area contributed by atoms with Crippen LogP contribution < -0.4 is 10.6 Å². The van der Waals surface area contributed by atoms with Gasteiger partial charge in [0.1, 0.15) is 0 Å². The first-order valence-corrected chi connectivity index (χ1v) is 8.33. The maximum Gasteiger partial charge on any atom is 0.319 e. The minimum absolute atomic E-state index is 0.0608. The van der Waals surface area contributed by atoms with E-state index in [0.717, 1.165) is 23.4 Å². The second-order valence-corrected chi connectivity index (χ2v) is 7.72. The Morgan fingerprint density at radius 2 is 1.52 bits per heavy atom. The predicted molar refractivity (Wildman–Crippen MR) is 84.5 cm³/mol. The summed E-state index contributed by atoms with van der Waals surface area (Å²) in [6.07, 6.45) is 7.69. The van der Waals surface area contributed by atoms with Crippen molar-refractivity contribution < 1.29 is 4.79 Å². The van der Waals surface area contributed by atoms with Gasteiger partial charge < -0.3 is 10.6 Å². The first kappa shape index (κ1) is 13.4. The molecule has 4 aliphatic carbocycles. The van der Waals surface area contributed by atoms with Crippen LogP contribution in [0.5, 0.6) is 0 Å². The van der Waals surface area contributed by atoms with Crippen LogP contribution in [0, 0.1) is 17.8 Å². The van der Waals surface area contributed by atoms with Gasteiger partial charge in [-0.1, -0.05) is 11.6 Å². The van der Waals surface area contributed by atoms with E-state index < -0.39 is 0 Å². The van der Waals surface area contributed by atoms with E-state index in [1.807, 2.05) is 12.1 Å². The molecule has 0 spiro atoms. The third kappa shape index (κ3) is 2.64. The number of nitrogens with one attached hydrogen (secondary N) is 2. The van der Waals surface area contributed by atoms with Gasteiger partial charge in [-0.15, -0.1) is 0 Å². The van der Waals surface area contributed by atoms with Crippen molar-refractivity contribution >= 4 is 23.3 Å². The molecule has 4 aliphatic rings. The minimum Gasteiger partial charge on any atom is -0.332 e. The number of halogens is 1. The molecule has 3 nitrogen and oxygen atoms in total. The molecular weight excluding hydrogens is 284 g/mol. The third-order valence-electron chi connectivity index (χ3n) is 5.52. The Morgan fingerprint density at radius 1 is 1.00 bits per heavy atom. The summed E-state index contributed by atoms with van der Waals surface area (Å²) in [5.74, 6) is 2.52. The van der Waals surface area contributed by atoms with Crippen LogP contribution >= 0.6 is 11.6 Å². The highest BCUT2D eigenvalue weighted by atomic mass is 35.5. The fourth-order valence-corrected chi connectivity index (χ4v) is 5.33. The van der Waals surface area contributed by atoms with Crippen LogP contribution in [0.2, 0.25) is 5.02 Å². The monoisotopic (exact) mass is 304 g/mol. The molecule has 0 aliphatic heterocycles. The molecule has 0 radical (unpaired) electrons. The van der Waals surface area contributed by atoms with E-state index in [9.17, 15) is 4.79 Å². The van der Waals surface area contributed by atoms with Gasteiger partial charge >= 0.3 is 6.03 Å². The summed E-state index contributed by atoms with van der Waals surface area (Å²) >= 11 is 5.86. The number of rotatable bonds is 2. The lowest BCUT2D eigenvalue weighted by Gasteiger charge is -2.56. The summed E-state index contributed by atoms with van der Waals surface area (Å²) in [6, 6.07) is 7.19. The smallest absolute Gasteiger partial charge is 0.319 e. The van der Waals surface area contributed by atoms with Crippen LogP contribution in [0.15, 0.2) is 24.3 Å². The summed E-state index contributed by atoms with van der Waals surface area (Å²) in [4.78, 5) is 12.3. The lowest BCUT2D eigenvalue weighted by Crippen LogP contribution is -2.60. The molecule has 1 aromatic carbocycles. The number of benzene rings is 1. The molecular formula is C17H21ClN2O. The van der Waals surface area contributed by atoms with Crippen molar-refractivity contribution in [1.82, 2.24) is 5.32 Å². The van der Waals surface area contributed by atoms with Crippen molar-refractivity contribution in [2.75, 3.05) is 5.32 Å². The maximum absolute atomic E-state index is 12.3. The van der Waals surface area contributed by atoms with Crippen molar-refractivity contribution in [1.29, 1.82) is 0 Å². The van der Waals surface area contributed by atoms with Crippen LogP contribution in [0.1, 0.15) is 38.5 Å². The minimum atomic E-state index is -0.0701. The van der Waals surface area contributed by atoms with Crippen molar-refractivity contribution in [3.8, 4) is 0 Å². The molecule has 0 unspecified atom stereocenters. The average molecular weight is 305 g/mol. The summed E-state index contributed by atoms with van der Waals surface area (Å²) < 4.78 is 0. The zero-order chi connectivity index (χ0) is 14.4. The highest BCUT2D eigenvalue weighted by molar-refractivity contribution is 6.30. The Kier molecular flexibility index (Phi) is 3.14. The van der Waals surface area contributed by atoms with E-state index in [4.69, 9.17) is 11.6 Å². The molecule has 4 fully saturated rings. The van der Waals surface area contributed by atoms with Gasteiger partial charge in [-0.25, -0.2) is 4.79 Å². The Balaban J connectivity index is 1.43. The fraction of sp³-hybridized carbons (Fsp3) is 0.588. The zero-order valence-electron chi connectivity index (χ0n) is 12.1. The molecule has 4 bridgehead atoms. The first-order valence-electron chi connectivity index (χ1n) is 7.95. The van der Waals surface area contributed by atoms with Crippen LogP contribution in [0.4, 0.5) is 10.5 Å². The van der Waals surface area contributed by atoms with E-state index in [-0.39, 0.29) is 11.6 Å². The molecule has 0 heterocycles. The summed E-state index contributed by atoms with van der Waals surface area (Å²) in [5.41, 5.74) is 0.854. The molecule has 5 rings (SSSR count). The van der Waals surface area contributed by atoms with Crippen molar-refractivity contribution in [2.45, 2.75) is 44.1 Å². The molecule has 2 amide bonds. The van der Waals surface area contributed by atoms with Crippen LogP contribution in [0.25, 0.3) is 0 Å². The van der Waals surface area contributed by atoms with Gasteiger partial charge in [-0.3, -0.25) is 0 Å². The Morgan fingerprint density at radius 3 is 2.05 bits per heavy atom. The third-order valence-corrected chi connectivity index (χ3v) is 5.77. The summed E-state index contributed by atoms with van der Waals surface area (Å²) in [6.45, 7) is 0. The normalized spacial score (nSPS) is 36.5. The molecule has 0 saturated heterocycles. The van der Waals surface area contributed by atoms with Crippen molar-refractivity contribution in [2.24, 2.45) is 17.8 Å². The molecule has 112 valence electrons. The number of hydrogen-bond donors (Lipinski definition) is 2. The molecule has 1 aromatic rings. The van der Waals surface area contributed by atoms with E-state index in [1.54, 1.807) is 12.1 Å². The van der Waals surface area contributed by atoms with E-state index in [0.29, 0.717) is 5.02 Å². The number of hydrogen-bond acceptors (Lipinski definition) is 1. The van der Waals surface area contributed by atoms with E-state index in [2.05, 4.69) is 10.6 Å². The van der Waals surface area contributed by atoms with Crippen LogP contribution in [0.3, 0.4) is 0 Å². The second-order valence-electron chi connectivity index (χ2n) is 7.28. The topological polar surface area (TPSA) is 41.1 Å². The van der Waals surface area contributed by atoms with Gasteiger partial charge in [0.2, 0.25) is 0 Å². The highest BCUT2D eigenvalue weighted by Crippen LogP contribution is 2.55. The number of amides is 2. The molecule has 21 heavy (non-hydrogen) atoms. The fourth-order valence-electron chi connectivity index (χ4n) is 5.20. The number of anilines is 1. The first-order chi connectivity index (χ1) is 10.1. The highest BCUT2D eigenvalue weighted by Gasteiger charge is 2.51. The zero-order valence-corrected chi connectivity index (χ0v) is 12.8. The molecule has 4 saturated carbocycles. The van der Waals surface area contributed by atoms with Crippen molar-refractivity contribution in [3.63, 3.8) is 0 Å². The molecule has 4 heteroatoms. The molecule has 2 N–H and O–H groups in total.